The summed E-state index contributed by atoms with van der Waals surface area (Å²) in [6.07, 6.45) is 0.127. The van der Waals surface area contributed by atoms with E-state index in [-0.39, 0.29) is 12.1 Å². The van der Waals surface area contributed by atoms with Gasteiger partial charge in [-0.05, 0) is 20.8 Å². The third-order valence-electron chi connectivity index (χ3n) is 2.18. The Morgan fingerprint density at radius 3 is 2.21 bits per heavy atom. The van der Waals surface area contributed by atoms with E-state index in [4.69, 9.17) is 4.74 Å². The quantitative estimate of drug-likeness (QED) is 0.601. The van der Waals surface area contributed by atoms with Gasteiger partial charge in [0.05, 0.1) is 19.8 Å². The zero-order valence-electron chi connectivity index (χ0n) is 9.74. The van der Waals surface area contributed by atoms with Crippen LogP contribution in [0, 0.1) is 0 Å². The molecule has 1 unspecified atom stereocenters. The van der Waals surface area contributed by atoms with Crippen molar-refractivity contribution in [2.45, 2.75) is 32.9 Å². The molecule has 0 saturated carbocycles. The van der Waals surface area contributed by atoms with Crippen molar-refractivity contribution in [1.29, 1.82) is 0 Å². The molecular formula is C10H21NO3. The maximum Gasteiger partial charge on any atom is 0.319 e. The van der Waals surface area contributed by atoms with E-state index in [0.29, 0.717) is 12.6 Å². The lowest BCUT2D eigenvalue weighted by atomic mass is 10.2. The first-order valence-electron chi connectivity index (χ1n) is 4.84. The monoisotopic (exact) mass is 203 g/mol. The predicted molar refractivity (Wildman–Crippen MR) is 55.2 cm³/mol. The Morgan fingerprint density at radius 2 is 1.86 bits per heavy atom. The van der Waals surface area contributed by atoms with Gasteiger partial charge in [0.2, 0.25) is 0 Å². The standard InChI is InChI=1S/C10H21NO3/c1-8(2)11(6-9(3)13-4)7-10(12)14-5/h8-9H,6-7H2,1-5H3. The molecule has 84 valence electrons. The first-order valence-corrected chi connectivity index (χ1v) is 4.84. The smallest absolute Gasteiger partial charge is 0.319 e. The number of methoxy groups -OCH3 is 2. The lowest BCUT2D eigenvalue weighted by Crippen LogP contribution is -2.41. The number of nitrogens with zero attached hydrogens (tertiary/aromatic N) is 1. The molecule has 0 N–H and O–H groups in total. The van der Waals surface area contributed by atoms with Crippen molar-refractivity contribution in [3.63, 3.8) is 0 Å². The number of hydrogen-bond donors (Lipinski definition) is 0. The molecule has 1 atom stereocenters. The van der Waals surface area contributed by atoms with Crippen LogP contribution in [0.5, 0.6) is 0 Å². The lowest BCUT2D eigenvalue weighted by molar-refractivity contribution is -0.142. The Labute approximate surface area is 86.2 Å². The zero-order valence-corrected chi connectivity index (χ0v) is 9.74. The number of ether oxygens (including phenoxy) is 2. The first-order chi connectivity index (χ1) is 6.51. The molecular weight excluding hydrogens is 182 g/mol. The second-order valence-corrected chi connectivity index (χ2v) is 3.65. The molecule has 14 heavy (non-hydrogen) atoms. The van der Waals surface area contributed by atoms with E-state index < -0.39 is 0 Å². The average molecular weight is 203 g/mol. The number of rotatable bonds is 6. The lowest BCUT2D eigenvalue weighted by Gasteiger charge is -2.27. The van der Waals surface area contributed by atoms with Crippen molar-refractivity contribution in [3.8, 4) is 0 Å². The van der Waals surface area contributed by atoms with Gasteiger partial charge in [0.1, 0.15) is 0 Å². The van der Waals surface area contributed by atoms with Crippen molar-refractivity contribution in [3.05, 3.63) is 0 Å². The number of hydrogen-bond acceptors (Lipinski definition) is 4. The minimum Gasteiger partial charge on any atom is -0.468 e. The Kier molecular flexibility index (Phi) is 6.49. The minimum absolute atomic E-state index is 0.127. The minimum atomic E-state index is -0.206. The molecule has 0 aliphatic heterocycles. The van der Waals surface area contributed by atoms with E-state index >= 15 is 0 Å². The molecule has 0 amide bonds. The van der Waals surface area contributed by atoms with E-state index in [1.807, 2.05) is 25.7 Å². The summed E-state index contributed by atoms with van der Waals surface area (Å²) in [6.45, 7) is 7.13. The molecule has 0 heterocycles. The van der Waals surface area contributed by atoms with Crippen molar-refractivity contribution in [2.24, 2.45) is 0 Å². The molecule has 0 aromatic carbocycles. The molecule has 0 aromatic rings. The van der Waals surface area contributed by atoms with Crippen LogP contribution < -0.4 is 0 Å². The summed E-state index contributed by atoms with van der Waals surface area (Å²) < 4.78 is 9.78. The van der Waals surface area contributed by atoms with Crippen molar-refractivity contribution >= 4 is 5.97 Å². The van der Waals surface area contributed by atoms with Gasteiger partial charge in [-0.15, -0.1) is 0 Å². The zero-order chi connectivity index (χ0) is 11.1. The normalized spacial score (nSPS) is 13.4. The van der Waals surface area contributed by atoms with Crippen LogP contribution in [0.4, 0.5) is 0 Å². The molecule has 0 aliphatic carbocycles. The molecule has 0 fully saturated rings. The first kappa shape index (κ1) is 13.4. The van der Waals surface area contributed by atoms with Gasteiger partial charge in [-0.25, -0.2) is 0 Å². The third-order valence-corrected chi connectivity index (χ3v) is 2.18. The third kappa shape index (κ3) is 5.19. The fourth-order valence-electron chi connectivity index (χ4n) is 1.09. The molecule has 0 radical (unpaired) electrons. The van der Waals surface area contributed by atoms with E-state index in [1.54, 1.807) is 7.11 Å². The maximum atomic E-state index is 11.1. The summed E-state index contributed by atoms with van der Waals surface area (Å²) in [5.74, 6) is -0.206. The Morgan fingerprint density at radius 1 is 1.29 bits per heavy atom. The van der Waals surface area contributed by atoms with Gasteiger partial charge in [-0.2, -0.15) is 0 Å². The summed E-state index contributed by atoms with van der Waals surface area (Å²) in [6, 6.07) is 0.312. The number of carbonyl (C=O) groups excluding carboxylic acids is 1. The van der Waals surface area contributed by atoms with E-state index in [9.17, 15) is 4.79 Å². The fraction of sp³-hybridized carbons (Fsp3) is 0.900. The Hall–Kier alpha value is -0.610. The van der Waals surface area contributed by atoms with E-state index in [0.717, 1.165) is 6.54 Å². The SMILES string of the molecule is COC(=O)CN(CC(C)OC)C(C)C. The highest BCUT2D eigenvalue weighted by Gasteiger charge is 2.16. The molecule has 0 aliphatic rings. The molecule has 0 aromatic heterocycles. The Balaban J connectivity index is 4.09. The summed E-state index contributed by atoms with van der Waals surface area (Å²) in [5, 5.41) is 0. The van der Waals surface area contributed by atoms with Crippen molar-refractivity contribution in [1.82, 2.24) is 4.90 Å². The molecule has 0 rings (SSSR count). The average Bonchev–Trinajstić information content (AvgIpc) is 2.16. The summed E-state index contributed by atoms with van der Waals surface area (Å²) >= 11 is 0. The van der Waals surface area contributed by atoms with Gasteiger partial charge in [0, 0.05) is 19.7 Å². The largest absolute Gasteiger partial charge is 0.468 e. The Bertz CT molecular complexity index is 171. The number of esters is 1. The summed E-state index contributed by atoms with van der Waals surface area (Å²) in [4.78, 5) is 13.1. The van der Waals surface area contributed by atoms with Crippen LogP contribution in [0.3, 0.4) is 0 Å². The van der Waals surface area contributed by atoms with E-state index in [1.165, 1.54) is 7.11 Å². The van der Waals surface area contributed by atoms with Gasteiger partial charge in [0.15, 0.2) is 0 Å². The molecule has 4 heteroatoms. The van der Waals surface area contributed by atoms with Crippen LogP contribution in [0.25, 0.3) is 0 Å². The van der Waals surface area contributed by atoms with Gasteiger partial charge in [-0.3, -0.25) is 9.69 Å². The van der Waals surface area contributed by atoms with Gasteiger partial charge in [0.25, 0.3) is 0 Å². The topological polar surface area (TPSA) is 38.8 Å². The van der Waals surface area contributed by atoms with Crippen LogP contribution in [-0.2, 0) is 14.3 Å². The second-order valence-electron chi connectivity index (χ2n) is 3.65. The molecule has 0 spiro atoms. The highest BCUT2D eigenvalue weighted by molar-refractivity contribution is 5.71. The summed E-state index contributed by atoms with van der Waals surface area (Å²) in [5.41, 5.74) is 0. The van der Waals surface area contributed by atoms with E-state index in [2.05, 4.69) is 4.74 Å². The van der Waals surface area contributed by atoms with Gasteiger partial charge < -0.3 is 9.47 Å². The second kappa shape index (κ2) is 6.79. The molecule has 0 bridgehead atoms. The van der Waals surface area contributed by atoms with Crippen LogP contribution in [0.1, 0.15) is 20.8 Å². The molecule has 0 saturated heterocycles. The van der Waals surface area contributed by atoms with Crippen molar-refractivity contribution < 1.29 is 14.3 Å². The van der Waals surface area contributed by atoms with Crippen LogP contribution in [-0.4, -0.2) is 50.3 Å². The fourth-order valence-corrected chi connectivity index (χ4v) is 1.09. The van der Waals surface area contributed by atoms with Crippen LogP contribution >= 0.6 is 0 Å². The van der Waals surface area contributed by atoms with Gasteiger partial charge in [-0.1, -0.05) is 0 Å². The highest BCUT2D eigenvalue weighted by Crippen LogP contribution is 2.02. The van der Waals surface area contributed by atoms with Crippen molar-refractivity contribution in [2.75, 3.05) is 27.3 Å². The van der Waals surface area contributed by atoms with Crippen LogP contribution in [0.15, 0.2) is 0 Å². The molecule has 4 nitrogen and oxygen atoms in total. The number of carbonyl (C=O) groups is 1. The van der Waals surface area contributed by atoms with Crippen LogP contribution in [0.2, 0.25) is 0 Å². The van der Waals surface area contributed by atoms with Gasteiger partial charge >= 0.3 is 5.97 Å². The highest BCUT2D eigenvalue weighted by atomic mass is 16.5. The maximum absolute atomic E-state index is 11.1. The summed E-state index contributed by atoms with van der Waals surface area (Å²) in [7, 11) is 3.07. The predicted octanol–water partition coefficient (Wildman–Crippen LogP) is 0.905.